The van der Waals surface area contributed by atoms with Crippen LogP contribution in [0.3, 0.4) is 0 Å². The molecular weight excluding hydrogens is 402 g/mol. The first kappa shape index (κ1) is 19.5. The van der Waals surface area contributed by atoms with Crippen molar-refractivity contribution in [1.82, 2.24) is 19.3 Å². The molecule has 2 aliphatic rings. The lowest BCUT2D eigenvalue weighted by atomic mass is 9.93. The van der Waals surface area contributed by atoms with Crippen molar-refractivity contribution in [3.8, 4) is 11.3 Å². The maximum atomic E-state index is 12.9. The molecule has 0 radical (unpaired) electrons. The van der Waals surface area contributed by atoms with Gasteiger partial charge in [0, 0.05) is 48.7 Å². The van der Waals surface area contributed by atoms with Gasteiger partial charge in [0.25, 0.3) is 0 Å². The number of anilines is 1. The lowest BCUT2D eigenvalue weighted by molar-refractivity contribution is 0.158. The van der Waals surface area contributed by atoms with Gasteiger partial charge in [-0.15, -0.1) is 0 Å². The van der Waals surface area contributed by atoms with Crippen LogP contribution in [-0.2, 0) is 0 Å². The zero-order valence-electron chi connectivity index (χ0n) is 18.7. The summed E-state index contributed by atoms with van der Waals surface area (Å²) in [6.07, 6.45) is 6.36. The third-order valence-electron chi connectivity index (χ3n) is 7.14. The quantitative estimate of drug-likeness (QED) is 0.453. The number of hydrogen-bond acceptors (Lipinski definition) is 6. The molecule has 0 unspecified atom stereocenters. The van der Waals surface area contributed by atoms with Crippen LogP contribution < -0.4 is 10.5 Å². The smallest absolute Gasteiger partial charge is 0.345 e. The fourth-order valence-electron chi connectivity index (χ4n) is 5.53. The van der Waals surface area contributed by atoms with Gasteiger partial charge in [0.1, 0.15) is 5.58 Å². The standard InChI is InChI=1S/C25H27N5O2/c1-15-11-30-13-21(27-24(30)16(2)26-15)20-9-17-6-7-19(10-23(17)32-25(20)31)29-12-18-5-4-8-28(3)22(18)14-29/h6-7,9-11,13,18,22H,4-5,8,12,14H2,1-3H3/t18-,22+/m0/s1. The molecule has 7 nitrogen and oxygen atoms in total. The normalized spacial score (nSPS) is 21.5. The van der Waals surface area contributed by atoms with Crippen LogP contribution >= 0.6 is 0 Å². The van der Waals surface area contributed by atoms with Crippen molar-refractivity contribution in [2.75, 3.05) is 31.6 Å². The Balaban J connectivity index is 1.36. The predicted molar refractivity (Wildman–Crippen MR) is 125 cm³/mol. The molecule has 32 heavy (non-hydrogen) atoms. The zero-order valence-corrected chi connectivity index (χ0v) is 18.7. The summed E-state index contributed by atoms with van der Waals surface area (Å²) in [6, 6.07) is 8.71. The van der Waals surface area contributed by atoms with Crippen molar-refractivity contribution >= 4 is 22.3 Å². The minimum atomic E-state index is -0.366. The summed E-state index contributed by atoms with van der Waals surface area (Å²) < 4.78 is 7.70. The average Bonchev–Trinajstić information content (AvgIpc) is 3.38. The van der Waals surface area contributed by atoms with Crippen molar-refractivity contribution in [1.29, 1.82) is 0 Å². The van der Waals surface area contributed by atoms with E-state index in [0.29, 0.717) is 22.9 Å². The number of benzene rings is 1. The number of imidazole rings is 1. The molecule has 7 heteroatoms. The molecule has 2 atom stereocenters. The highest BCUT2D eigenvalue weighted by atomic mass is 16.4. The van der Waals surface area contributed by atoms with Crippen LogP contribution in [0.15, 0.2) is 45.9 Å². The molecule has 3 aromatic heterocycles. The Morgan fingerprint density at radius 1 is 1.09 bits per heavy atom. The summed E-state index contributed by atoms with van der Waals surface area (Å²) in [4.78, 5) is 26.9. The molecule has 0 bridgehead atoms. The van der Waals surface area contributed by atoms with Gasteiger partial charge in [-0.3, -0.25) is 4.98 Å². The summed E-state index contributed by atoms with van der Waals surface area (Å²) in [6.45, 7) is 7.15. The summed E-state index contributed by atoms with van der Waals surface area (Å²) in [7, 11) is 2.24. The number of likely N-dealkylation sites (tertiary alicyclic amines) is 1. The number of aromatic nitrogens is 3. The van der Waals surface area contributed by atoms with Crippen molar-refractivity contribution < 1.29 is 4.42 Å². The Bertz CT molecular complexity index is 1400. The number of nitrogens with zero attached hydrogens (tertiary/aromatic N) is 5. The highest BCUT2D eigenvalue weighted by molar-refractivity contribution is 5.84. The summed E-state index contributed by atoms with van der Waals surface area (Å²) in [5.41, 5.74) is 4.95. The Kier molecular flexibility index (Phi) is 4.37. The molecule has 4 aromatic rings. The van der Waals surface area contributed by atoms with Gasteiger partial charge in [0.2, 0.25) is 0 Å². The van der Waals surface area contributed by atoms with E-state index in [0.717, 1.165) is 47.1 Å². The predicted octanol–water partition coefficient (Wildman–Crippen LogP) is 3.65. The Hall–Kier alpha value is -3.19. The molecule has 2 fully saturated rings. The van der Waals surface area contributed by atoms with Gasteiger partial charge < -0.3 is 18.6 Å². The third-order valence-corrected chi connectivity index (χ3v) is 7.14. The van der Waals surface area contributed by atoms with Crippen molar-refractivity contribution in [3.63, 3.8) is 0 Å². The highest BCUT2D eigenvalue weighted by Crippen LogP contribution is 2.34. The first-order chi connectivity index (χ1) is 15.5. The molecule has 164 valence electrons. The average molecular weight is 430 g/mol. The maximum absolute atomic E-state index is 12.9. The van der Waals surface area contributed by atoms with E-state index in [1.165, 1.54) is 19.4 Å². The van der Waals surface area contributed by atoms with Gasteiger partial charge in [-0.25, -0.2) is 9.78 Å². The molecule has 0 spiro atoms. The minimum Gasteiger partial charge on any atom is -0.422 e. The van der Waals surface area contributed by atoms with E-state index in [1.54, 1.807) is 0 Å². The van der Waals surface area contributed by atoms with Crippen LogP contribution in [-0.4, -0.2) is 52.0 Å². The van der Waals surface area contributed by atoms with E-state index < -0.39 is 0 Å². The second-order valence-corrected chi connectivity index (χ2v) is 9.35. The first-order valence-corrected chi connectivity index (χ1v) is 11.3. The lowest BCUT2D eigenvalue weighted by Gasteiger charge is -2.33. The topological polar surface area (TPSA) is 66.9 Å². The SMILES string of the molecule is Cc1cn2cc(-c3cc4ccc(N5C[C@@H]6CCCN(C)[C@@H]6C5)cc4oc3=O)nc2c(C)n1. The number of aryl methyl sites for hydroxylation is 2. The maximum Gasteiger partial charge on any atom is 0.345 e. The number of fused-ring (bicyclic) bond motifs is 3. The Labute approximate surface area is 186 Å². The second kappa shape index (κ2) is 7.17. The molecule has 0 saturated carbocycles. The molecule has 1 aromatic carbocycles. The monoisotopic (exact) mass is 429 g/mol. The molecular formula is C25H27N5O2. The second-order valence-electron chi connectivity index (χ2n) is 9.35. The number of likely N-dealkylation sites (N-methyl/N-ethyl adjacent to an activating group) is 1. The van der Waals surface area contributed by atoms with E-state index in [4.69, 9.17) is 4.42 Å². The van der Waals surface area contributed by atoms with Gasteiger partial charge in [-0.2, -0.15) is 0 Å². The lowest BCUT2D eigenvalue weighted by Crippen LogP contribution is -2.42. The molecule has 2 aliphatic heterocycles. The van der Waals surface area contributed by atoms with E-state index in [9.17, 15) is 4.79 Å². The van der Waals surface area contributed by atoms with Crippen molar-refractivity contribution in [3.05, 3.63) is 58.5 Å². The van der Waals surface area contributed by atoms with Crippen LogP contribution in [0, 0.1) is 19.8 Å². The van der Waals surface area contributed by atoms with Gasteiger partial charge in [0.05, 0.1) is 22.6 Å². The number of rotatable bonds is 2. The van der Waals surface area contributed by atoms with E-state index in [-0.39, 0.29) is 5.63 Å². The molecule has 0 N–H and O–H groups in total. The highest BCUT2D eigenvalue weighted by Gasteiger charge is 2.37. The molecule has 0 aliphatic carbocycles. The van der Waals surface area contributed by atoms with Crippen molar-refractivity contribution in [2.45, 2.75) is 32.7 Å². The van der Waals surface area contributed by atoms with Crippen LogP contribution in [0.1, 0.15) is 24.2 Å². The zero-order chi connectivity index (χ0) is 22.0. The summed E-state index contributed by atoms with van der Waals surface area (Å²) >= 11 is 0. The van der Waals surface area contributed by atoms with Crippen LogP contribution in [0.4, 0.5) is 5.69 Å². The van der Waals surface area contributed by atoms with Crippen LogP contribution in [0.5, 0.6) is 0 Å². The summed E-state index contributed by atoms with van der Waals surface area (Å²) in [5.74, 6) is 0.718. The van der Waals surface area contributed by atoms with Gasteiger partial charge in [-0.05, 0) is 64.4 Å². The minimum absolute atomic E-state index is 0.366. The molecule has 6 rings (SSSR count). The number of piperidine rings is 1. The molecule has 2 saturated heterocycles. The fraction of sp³-hybridized carbons (Fsp3) is 0.400. The third kappa shape index (κ3) is 3.11. The van der Waals surface area contributed by atoms with E-state index in [2.05, 4.69) is 38.9 Å². The number of hydrogen-bond donors (Lipinski definition) is 0. The van der Waals surface area contributed by atoms with Gasteiger partial charge in [-0.1, -0.05) is 0 Å². The first-order valence-electron chi connectivity index (χ1n) is 11.3. The van der Waals surface area contributed by atoms with Crippen LogP contribution in [0.2, 0.25) is 0 Å². The van der Waals surface area contributed by atoms with Crippen LogP contribution in [0.25, 0.3) is 27.9 Å². The fourth-order valence-corrected chi connectivity index (χ4v) is 5.53. The van der Waals surface area contributed by atoms with Gasteiger partial charge in [0.15, 0.2) is 5.65 Å². The summed E-state index contributed by atoms with van der Waals surface area (Å²) in [5, 5.41) is 0.903. The van der Waals surface area contributed by atoms with Gasteiger partial charge >= 0.3 is 5.63 Å². The van der Waals surface area contributed by atoms with E-state index in [1.807, 2.05) is 42.8 Å². The Morgan fingerprint density at radius 3 is 2.81 bits per heavy atom. The molecule has 0 amide bonds. The van der Waals surface area contributed by atoms with E-state index >= 15 is 0 Å². The molecule has 5 heterocycles. The largest absolute Gasteiger partial charge is 0.422 e. The Morgan fingerprint density at radius 2 is 1.97 bits per heavy atom. The van der Waals surface area contributed by atoms with Crippen molar-refractivity contribution in [2.24, 2.45) is 5.92 Å².